The highest BCUT2D eigenvalue weighted by molar-refractivity contribution is 5.55. The molecular weight excluding hydrogens is 206 g/mol. The Hall–Kier alpha value is -2.30. The second-order valence-corrected chi connectivity index (χ2v) is 3.41. The van der Waals surface area contributed by atoms with Crippen molar-refractivity contribution in [2.75, 3.05) is 5.32 Å². The molecule has 0 atom stereocenters. The largest absolute Gasteiger partial charge is 0.508 e. The van der Waals surface area contributed by atoms with Gasteiger partial charge in [0, 0.05) is 23.5 Å². The lowest BCUT2D eigenvalue weighted by molar-refractivity contribution is 0.475. The topological polar surface area (TPSA) is 78.0 Å². The van der Waals surface area contributed by atoms with E-state index in [1.165, 1.54) is 6.07 Å². The highest BCUT2D eigenvalue weighted by Gasteiger charge is 1.99. The van der Waals surface area contributed by atoms with E-state index < -0.39 is 0 Å². The molecule has 0 aliphatic carbocycles. The van der Waals surface area contributed by atoms with Crippen LogP contribution in [-0.4, -0.2) is 15.1 Å². The molecule has 0 bridgehead atoms. The molecule has 16 heavy (non-hydrogen) atoms. The SMILES string of the molecule is Cc1cc(=O)[nH]c(Nc2cccc(O)c2)n1. The van der Waals surface area contributed by atoms with Crippen LogP contribution in [0, 0.1) is 6.92 Å². The molecule has 2 aromatic rings. The molecule has 0 radical (unpaired) electrons. The number of benzene rings is 1. The first kappa shape index (κ1) is 10.2. The van der Waals surface area contributed by atoms with E-state index in [0.717, 1.165) is 0 Å². The first-order valence-corrected chi connectivity index (χ1v) is 4.77. The number of aryl methyl sites for hydroxylation is 1. The van der Waals surface area contributed by atoms with Crippen LogP contribution in [-0.2, 0) is 0 Å². The number of H-pyrrole nitrogens is 1. The Morgan fingerprint density at radius 2 is 2.19 bits per heavy atom. The third kappa shape index (κ3) is 2.38. The first-order valence-electron chi connectivity index (χ1n) is 4.77. The number of rotatable bonds is 2. The molecule has 1 aromatic carbocycles. The van der Waals surface area contributed by atoms with Gasteiger partial charge in [-0.05, 0) is 19.1 Å². The summed E-state index contributed by atoms with van der Waals surface area (Å²) < 4.78 is 0. The molecule has 3 N–H and O–H groups in total. The van der Waals surface area contributed by atoms with Gasteiger partial charge in [-0.25, -0.2) is 4.98 Å². The summed E-state index contributed by atoms with van der Waals surface area (Å²) in [5.41, 5.74) is 1.08. The highest BCUT2D eigenvalue weighted by atomic mass is 16.3. The Morgan fingerprint density at radius 1 is 1.38 bits per heavy atom. The standard InChI is InChI=1S/C11H11N3O2/c1-7-5-10(16)14-11(12-7)13-8-3-2-4-9(15)6-8/h2-6,15H,1H3,(H2,12,13,14,16). The van der Waals surface area contributed by atoms with Crippen molar-refractivity contribution in [3.05, 3.63) is 46.4 Å². The molecule has 0 aliphatic rings. The Kier molecular flexibility index (Phi) is 2.59. The molecule has 1 aromatic heterocycles. The molecule has 0 saturated carbocycles. The van der Waals surface area contributed by atoms with Crippen LogP contribution in [0.5, 0.6) is 5.75 Å². The van der Waals surface area contributed by atoms with Crippen LogP contribution in [0.3, 0.4) is 0 Å². The Balaban J connectivity index is 2.30. The lowest BCUT2D eigenvalue weighted by Crippen LogP contribution is -2.10. The van der Waals surface area contributed by atoms with Crippen LogP contribution in [0.2, 0.25) is 0 Å². The van der Waals surface area contributed by atoms with Gasteiger partial charge in [0.1, 0.15) is 5.75 Å². The van der Waals surface area contributed by atoms with Crippen molar-refractivity contribution in [2.45, 2.75) is 6.92 Å². The molecule has 0 unspecified atom stereocenters. The number of aromatic amines is 1. The van der Waals surface area contributed by atoms with E-state index in [-0.39, 0.29) is 11.3 Å². The smallest absolute Gasteiger partial charge is 0.252 e. The predicted octanol–water partition coefficient (Wildman–Crippen LogP) is 1.53. The maximum absolute atomic E-state index is 11.2. The fourth-order valence-electron chi connectivity index (χ4n) is 1.36. The fourth-order valence-corrected chi connectivity index (χ4v) is 1.36. The molecule has 0 spiro atoms. The fraction of sp³-hybridized carbons (Fsp3) is 0.0909. The summed E-state index contributed by atoms with van der Waals surface area (Å²) in [5.74, 6) is 0.510. The van der Waals surface area contributed by atoms with Crippen molar-refractivity contribution in [3.63, 3.8) is 0 Å². The lowest BCUT2D eigenvalue weighted by Gasteiger charge is -2.05. The summed E-state index contributed by atoms with van der Waals surface area (Å²) in [5, 5.41) is 12.2. The van der Waals surface area contributed by atoms with Crippen molar-refractivity contribution in [2.24, 2.45) is 0 Å². The van der Waals surface area contributed by atoms with E-state index in [9.17, 15) is 9.90 Å². The van der Waals surface area contributed by atoms with E-state index >= 15 is 0 Å². The molecule has 0 fully saturated rings. The summed E-state index contributed by atoms with van der Waals surface area (Å²) in [7, 11) is 0. The van der Waals surface area contributed by atoms with Gasteiger partial charge in [-0.2, -0.15) is 0 Å². The van der Waals surface area contributed by atoms with Gasteiger partial charge >= 0.3 is 0 Å². The number of aromatic hydroxyl groups is 1. The van der Waals surface area contributed by atoms with Crippen LogP contribution in [0.25, 0.3) is 0 Å². The average molecular weight is 217 g/mol. The van der Waals surface area contributed by atoms with Gasteiger partial charge in [0.15, 0.2) is 0 Å². The molecule has 82 valence electrons. The number of nitrogens with zero attached hydrogens (tertiary/aromatic N) is 1. The van der Waals surface area contributed by atoms with E-state index in [1.54, 1.807) is 31.2 Å². The van der Waals surface area contributed by atoms with E-state index in [1.807, 2.05) is 0 Å². The van der Waals surface area contributed by atoms with Gasteiger partial charge in [-0.3, -0.25) is 9.78 Å². The summed E-state index contributed by atoms with van der Waals surface area (Å²) in [6.07, 6.45) is 0. The van der Waals surface area contributed by atoms with Gasteiger partial charge in [0.05, 0.1) is 0 Å². The van der Waals surface area contributed by atoms with Crippen molar-refractivity contribution < 1.29 is 5.11 Å². The molecular formula is C11H11N3O2. The van der Waals surface area contributed by atoms with Crippen LogP contribution >= 0.6 is 0 Å². The second kappa shape index (κ2) is 4.06. The Labute approximate surface area is 91.8 Å². The zero-order chi connectivity index (χ0) is 11.5. The number of phenolic OH excluding ortho intramolecular Hbond substituents is 1. The predicted molar refractivity (Wildman–Crippen MR) is 61.0 cm³/mol. The van der Waals surface area contributed by atoms with Gasteiger partial charge in [-0.15, -0.1) is 0 Å². The van der Waals surface area contributed by atoms with Crippen LogP contribution in [0.4, 0.5) is 11.6 Å². The molecule has 0 aliphatic heterocycles. The third-order valence-corrected chi connectivity index (χ3v) is 1.98. The third-order valence-electron chi connectivity index (χ3n) is 1.98. The van der Waals surface area contributed by atoms with Gasteiger partial charge < -0.3 is 10.4 Å². The zero-order valence-electron chi connectivity index (χ0n) is 8.69. The van der Waals surface area contributed by atoms with Crippen molar-refractivity contribution in [1.82, 2.24) is 9.97 Å². The number of anilines is 2. The summed E-state index contributed by atoms with van der Waals surface area (Å²) >= 11 is 0. The van der Waals surface area contributed by atoms with Crippen LogP contribution in [0.15, 0.2) is 35.1 Å². The van der Waals surface area contributed by atoms with Crippen molar-refractivity contribution >= 4 is 11.6 Å². The minimum atomic E-state index is -0.213. The lowest BCUT2D eigenvalue weighted by atomic mass is 10.3. The quantitative estimate of drug-likeness (QED) is 0.712. The van der Waals surface area contributed by atoms with Crippen LogP contribution < -0.4 is 10.9 Å². The zero-order valence-corrected chi connectivity index (χ0v) is 8.69. The molecule has 0 saturated heterocycles. The molecule has 5 heteroatoms. The van der Waals surface area contributed by atoms with E-state index in [4.69, 9.17) is 0 Å². The molecule has 2 rings (SSSR count). The van der Waals surface area contributed by atoms with E-state index in [2.05, 4.69) is 15.3 Å². The Morgan fingerprint density at radius 3 is 2.88 bits per heavy atom. The number of hydrogen-bond acceptors (Lipinski definition) is 4. The molecule has 0 amide bonds. The van der Waals surface area contributed by atoms with Gasteiger partial charge in [-0.1, -0.05) is 6.07 Å². The normalized spacial score (nSPS) is 10.1. The Bertz CT molecular complexity index is 563. The number of phenols is 1. The van der Waals surface area contributed by atoms with E-state index in [0.29, 0.717) is 17.3 Å². The maximum atomic E-state index is 11.2. The molecule has 1 heterocycles. The highest BCUT2D eigenvalue weighted by Crippen LogP contribution is 2.17. The maximum Gasteiger partial charge on any atom is 0.252 e. The van der Waals surface area contributed by atoms with Crippen molar-refractivity contribution in [1.29, 1.82) is 0 Å². The van der Waals surface area contributed by atoms with Crippen LogP contribution in [0.1, 0.15) is 5.69 Å². The van der Waals surface area contributed by atoms with Gasteiger partial charge in [0.2, 0.25) is 5.95 Å². The minimum Gasteiger partial charge on any atom is -0.508 e. The van der Waals surface area contributed by atoms with Crippen molar-refractivity contribution in [3.8, 4) is 5.75 Å². The summed E-state index contributed by atoms with van der Waals surface area (Å²) in [4.78, 5) is 17.9. The monoisotopic (exact) mass is 217 g/mol. The molecule has 5 nitrogen and oxygen atoms in total. The summed E-state index contributed by atoms with van der Waals surface area (Å²) in [6.45, 7) is 1.74. The minimum absolute atomic E-state index is 0.153. The van der Waals surface area contributed by atoms with Gasteiger partial charge in [0.25, 0.3) is 5.56 Å². The number of nitrogens with one attached hydrogen (secondary N) is 2. The first-order chi connectivity index (χ1) is 7.63. The summed E-state index contributed by atoms with van der Waals surface area (Å²) in [6, 6.07) is 7.99. The number of aromatic nitrogens is 2. The number of hydrogen-bond donors (Lipinski definition) is 3. The average Bonchev–Trinajstić information content (AvgIpc) is 2.15. The second-order valence-electron chi connectivity index (χ2n) is 3.41.